The van der Waals surface area contributed by atoms with E-state index >= 15 is 0 Å². The summed E-state index contributed by atoms with van der Waals surface area (Å²) in [6.07, 6.45) is -2.60. The maximum absolute atomic E-state index is 9.86. The van der Waals surface area contributed by atoms with Gasteiger partial charge in [-0.3, -0.25) is 0 Å². The number of allylic oxidation sites excluding steroid dienone is 3. The molecule has 0 radical (unpaired) electrons. The zero-order chi connectivity index (χ0) is 16.9. The highest BCUT2D eigenvalue weighted by molar-refractivity contribution is 5.17. The Labute approximate surface area is 131 Å². The molecular weight excluding hydrogens is 288 g/mol. The first-order valence-electron chi connectivity index (χ1n) is 7.19. The smallest absolute Gasteiger partial charge is 0.187 e. The first-order chi connectivity index (χ1) is 10.3. The Morgan fingerprint density at radius 3 is 2.36 bits per heavy atom. The van der Waals surface area contributed by atoms with E-state index in [0.717, 1.165) is 11.1 Å². The fraction of sp³-hybridized carbons (Fsp3) is 0.625. The molecule has 0 amide bonds. The molecule has 0 aliphatic carbocycles. The number of hydrogen-bond acceptors (Lipinski definition) is 6. The molecule has 22 heavy (non-hydrogen) atoms. The van der Waals surface area contributed by atoms with Crippen molar-refractivity contribution in [3.63, 3.8) is 0 Å². The third-order valence-electron chi connectivity index (χ3n) is 3.61. The number of rotatable bonds is 7. The molecule has 4 N–H and O–H groups in total. The maximum atomic E-state index is 9.86. The van der Waals surface area contributed by atoms with Gasteiger partial charge in [0, 0.05) is 5.92 Å². The summed E-state index contributed by atoms with van der Waals surface area (Å²) in [7, 11) is 0. The van der Waals surface area contributed by atoms with Crippen LogP contribution in [0.5, 0.6) is 0 Å². The van der Waals surface area contributed by atoms with Gasteiger partial charge in [0.25, 0.3) is 0 Å². The van der Waals surface area contributed by atoms with Gasteiger partial charge in [0.1, 0.15) is 24.4 Å². The van der Waals surface area contributed by atoms with Crippen LogP contribution in [-0.4, -0.2) is 64.3 Å². The van der Waals surface area contributed by atoms with Gasteiger partial charge in [-0.25, -0.2) is 0 Å². The molecular formula is C16H26O6. The SMILES string of the molecule is C=CC(/C=C(\C)CO[C@@H]1O[C@H](CO)[C@@H](O)[C@H](O)[C@H]1O)C(=C)C. The lowest BCUT2D eigenvalue weighted by Gasteiger charge is -2.39. The maximum Gasteiger partial charge on any atom is 0.187 e. The molecule has 1 saturated heterocycles. The van der Waals surface area contributed by atoms with Gasteiger partial charge in [-0.1, -0.05) is 29.9 Å². The normalized spacial score (nSPS) is 34.3. The van der Waals surface area contributed by atoms with Gasteiger partial charge in [-0.05, 0) is 13.8 Å². The van der Waals surface area contributed by atoms with Crippen LogP contribution in [0.1, 0.15) is 13.8 Å². The van der Waals surface area contributed by atoms with Crippen LogP contribution in [-0.2, 0) is 9.47 Å². The van der Waals surface area contributed by atoms with E-state index < -0.39 is 37.3 Å². The average molecular weight is 314 g/mol. The lowest BCUT2D eigenvalue weighted by atomic mass is 9.99. The summed E-state index contributed by atoms with van der Waals surface area (Å²) in [5.41, 5.74) is 1.83. The number of hydrogen-bond donors (Lipinski definition) is 4. The van der Waals surface area contributed by atoms with E-state index in [-0.39, 0.29) is 12.5 Å². The fourth-order valence-corrected chi connectivity index (χ4v) is 2.18. The first-order valence-corrected chi connectivity index (χ1v) is 7.19. The van der Waals surface area contributed by atoms with E-state index in [1.807, 2.05) is 19.9 Å². The molecule has 1 aliphatic rings. The number of ether oxygens (including phenoxy) is 2. The van der Waals surface area contributed by atoms with Gasteiger partial charge in [0.15, 0.2) is 6.29 Å². The second kappa shape index (κ2) is 8.57. The van der Waals surface area contributed by atoms with Crippen molar-refractivity contribution in [2.45, 2.75) is 44.6 Å². The van der Waals surface area contributed by atoms with Crippen LogP contribution in [0.25, 0.3) is 0 Å². The van der Waals surface area contributed by atoms with Gasteiger partial charge in [-0.2, -0.15) is 0 Å². The Kier molecular flexibility index (Phi) is 7.41. The summed E-state index contributed by atoms with van der Waals surface area (Å²) >= 11 is 0. The third kappa shape index (κ3) is 4.74. The highest BCUT2D eigenvalue weighted by Gasteiger charge is 2.43. The van der Waals surface area contributed by atoms with Crippen LogP contribution in [0.2, 0.25) is 0 Å². The Hall–Kier alpha value is -1.02. The van der Waals surface area contributed by atoms with E-state index in [0.29, 0.717) is 0 Å². The minimum atomic E-state index is -1.43. The highest BCUT2D eigenvalue weighted by atomic mass is 16.7. The summed E-state index contributed by atoms with van der Waals surface area (Å²) in [6, 6.07) is 0. The van der Waals surface area contributed by atoms with Gasteiger partial charge < -0.3 is 29.9 Å². The van der Waals surface area contributed by atoms with Crippen LogP contribution in [0.3, 0.4) is 0 Å². The molecule has 1 rings (SSSR count). The Balaban J connectivity index is 2.64. The minimum absolute atomic E-state index is 0.0263. The van der Waals surface area contributed by atoms with Crippen molar-refractivity contribution < 1.29 is 29.9 Å². The standard InChI is InChI=1S/C16H26O6/c1-5-11(9(2)3)6-10(4)8-21-16-15(20)14(19)13(18)12(7-17)22-16/h5-6,11-20H,1-2,7-8H2,3-4H3/b10-6+/t11?,12-,13-,14+,15-,16-/m1/s1. The molecule has 0 aromatic heterocycles. The van der Waals surface area contributed by atoms with Crippen molar-refractivity contribution >= 4 is 0 Å². The van der Waals surface area contributed by atoms with Crippen LogP contribution in [0.15, 0.2) is 36.5 Å². The van der Waals surface area contributed by atoms with E-state index in [1.165, 1.54) is 0 Å². The van der Waals surface area contributed by atoms with Crippen LogP contribution in [0, 0.1) is 5.92 Å². The Bertz CT molecular complexity index is 417. The molecule has 1 heterocycles. The van der Waals surface area contributed by atoms with Crippen molar-refractivity contribution in [3.05, 3.63) is 36.5 Å². The zero-order valence-electron chi connectivity index (χ0n) is 13.1. The molecule has 0 saturated carbocycles. The number of aliphatic hydroxyl groups is 4. The minimum Gasteiger partial charge on any atom is -0.394 e. The quantitative estimate of drug-likeness (QED) is 0.499. The van der Waals surface area contributed by atoms with E-state index in [2.05, 4.69) is 13.2 Å². The molecule has 126 valence electrons. The van der Waals surface area contributed by atoms with Crippen LogP contribution < -0.4 is 0 Å². The second-order valence-corrected chi connectivity index (χ2v) is 5.63. The summed E-state index contributed by atoms with van der Waals surface area (Å²) in [5.74, 6) is 0.0263. The average Bonchev–Trinajstić information content (AvgIpc) is 2.49. The van der Waals surface area contributed by atoms with Gasteiger partial charge >= 0.3 is 0 Å². The molecule has 0 bridgehead atoms. The molecule has 6 nitrogen and oxygen atoms in total. The second-order valence-electron chi connectivity index (χ2n) is 5.63. The monoisotopic (exact) mass is 314 g/mol. The predicted octanol–water partition coefficient (Wildman–Crippen LogP) is 0.127. The van der Waals surface area contributed by atoms with Gasteiger partial charge in [0.05, 0.1) is 13.2 Å². The highest BCUT2D eigenvalue weighted by Crippen LogP contribution is 2.22. The Morgan fingerprint density at radius 2 is 1.86 bits per heavy atom. The zero-order valence-corrected chi connectivity index (χ0v) is 13.1. The molecule has 0 spiro atoms. The van der Waals surface area contributed by atoms with Crippen LogP contribution >= 0.6 is 0 Å². The lowest BCUT2D eigenvalue weighted by molar-refractivity contribution is -0.299. The van der Waals surface area contributed by atoms with Gasteiger partial charge in [-0.15, -0.1) is 6.58 Å². The van der Waals surface area contributed by atoms with Crippen molar-refractivity contribution in [2.75, 3.05) is 13.2 Å². The molecule has 0 aromatic rings. The molecule has 6 heteroatoms. The van der Waals surface area contributed by atoms with Crippen molar-refractivity contribution in [1.29, 1.82) is 0 Å². The van der Waals surface area contributed by atoms with Crippen LogP contribution in [0.4, 0.5) is 0 Å². The lowest BCUT2D eigenvalue weighted by Crippen LogP contribution is -2.59. The van der Waals surface area contributed by atoms with E-state index in [9.17, 15) is 15.3 Å². The summed E-state index contributed by atoms with van der Waals surface area (Å²) in [6.45, 7) is 11.0. The van der Waals surface area contributed by atoms with Gasteiger partial charge in [0.2, 0.25) is 0 Å². The molecule has 1 fully saturated rings. The predicted molar refractivity (Wildman–Crippen MR) is 82.0 cm³/mol. The Morgan fingerprint density at radius 1 is 1.23 bits per heavy atom. The first kappa shape index (κ1) is 19.0. The summed E-state index contributed by atoms with van der Waals surface area (Å²) in [5, 5.41) is 38.3. The molecule has 6 atom stereocenters. The molecule has 1 aliphatic heterocycles. The third-order valence-corrected chi connectivity index (χ3v) is 3.61. The topological polar surface area (TPSA) is 99.4 Å². The molecule has 1 unspecified atom stereocenters. The van der Waals surface area contributed by atoms with Crippen molar-refractivity contribution in [3.8, 4) is 0 Å². The van der Waals surface area contributed by atoms with Crippen molar-refractivity contribution in [1.82, 2.24) is 0 Å². The van der Waals surface area contributed by atoms with E-state index in [4.69, 9.17) is 14.6 Å². The van der Waals surface area contributed by atoms with Crippen molar-refractivity contribution in [2.24, 2.45) is 5.92 Å². The largest absolute Gasteiger partial charge is 0.394 e. The number of aliphatic hydroxyl groups excluding tert-OH is 4. The summed E-state index contributed by atoms with van der Waals surface area (Å²) in [4.78, 5) is 0. The fourth-order valence-electron chi connectivity index (χ4n) is 2.18. The summed E-state index contributed by atoms with van der Waals surface area (Å²) < 4.78 is 10.7. The molecule has 0 aromatic carbocycles. The van der Waals surface area contributed by atoms with E-state index in [1.54, 1.807) is 6.08 Å².